The first-order chi connectivity index (χ1) is 8.65. The highest BCUT2D eigenvalue weighted by molar-refractivity contribution is 5.93. The zero-order valence-corrected chi connectivity index (χ0v) is 9.85. The highest BCUT2D eigenvalue weighted by atomic mass is 19.1. The highest BCUT2D eigenvalue weighted by Crippen LogP contribution is 2.19. The van der Waals surface area contributed by atoms with Crippen molar-refractivity contribution in [2.45, 2.75) is 13.5 Å². The second-order valence-corrected chi connectivity index (χ2v) is 3.71. The Labute approximate surface area is 103 Å². The number of hydrogen-bond acceptors (Lipinski definition) is 3. The van der Waals surface area contributed by atoms with E-state index in [0.717, 1.165) is 5.56 Å². The van der Waals surface area contributed by atoms with E-state index in [4.69, 9.17) is 5.84 Å². The summed E-state index contributed by atoms with van der Waals surface area (Å²) in [6.07, 6.45) is 0. The first-order valence-electron chi connectivity index (χ1n) is 5.50. The molecule has 0 spiro atoms. The summed E-state index contributed by atoms with van der Waals surface area (Å²) in [5, 5.41) is 4.28. The SMILES string of the molecule is CCn1nc(-c2ccc(F)cc2)cc1C(=O)NN. The number of nitrogens with two attached hydrogens (primary N) is 1. The smallest absolute Gasteiger partial charge is 0.283 e. The standard InChI is InChI=1S/C12H13FN4O/c1-2-17-11(12(18)15-14)7-10(16-17)8-3-5-9(13)6-4-8/h3-7H,2,14H2,1H3,(H,15,18). The molecule has 0 fully saturated rings. The molecule has 5 nitrogen and oxygen atoms in total. The summed E-state index contributed by atoms with van der Waals surface area (Å²) in [5.41, 5.74) is 3.80. The minimum absolute atomic E-state index is 0.311. The summed E-state index contributed by atoms with van der Waals surface area (Å²) >= 11 is 0. The summed E-state index contributed by atoms with van der Waals surface area (Å²) in [6, 6.07) is 7.55. The molecule has 0 aliphatic heterocycles. The van der Waals surface area contributed by atoms with Crippen molar-refractivity contribution in [2.75, 3.05) is 0 Å². The summed E-state index contributed by atoms with van der Waals surface area (Å²) in [5.74, 6) is 4.39. The number of halogens is 1. The van der Waals surface area contributed by atoms with Crippen LogP contribution < -0.4 is 11.3 Å². The molecule has 6 heteroatoms. The second kappa shape index (κ2) is 4.97. The fraction of sp³-hybridized carbons (Fsp3) is 0.167. The first kappa shape index (κ1) is 12.3. The topological polar surface area (TPSA) is 72.9 Å². The number of rotatable bonds is 3. The maximum Gasteiger partial charge on any atom is 0.283 e. The van der Waals surface area contributed by atoms with Gasteiger partial charge in [0.15, 0.2) is 0 Å². The van der Waals surface area contributed by atoms with Gasteiger partial charge in [0, 0.05) is 12.1 Å². The van der Waals surface area contributed by atoms with Crippen LogP contribution >= 0.6 is 0 Å². The van der Waals surface area contributed by atoms with Gasteiger partial charge in [-0.2, -0.15) is 5.10 Å². The average Bonchev–Trinajstić information content (AvgIpc) is 2.82. The van der Waals surface area contributed by atoms with E-state index in [1.54, 1.807) is 22.9 Å². The third-order valence-electron chi connectivity index (χ3n) is 2.58. The van der Waals surface area contributed by atoms with Crippen LogP contribution in [0.2, 0.25) is 0 Å². The van der Waals surface area contributed by atoms with Gasteiger partial charge in [-0.25, -0.2) is 10.2 Å². The zero-order valence-electron chi connectivity index (χ0n) is 9.85. The van der Waals surface area contributed by atoms with E-state index in [1.807, 2.05) is 6.92 Å². The van der Waals surface area contributed by atoms with Crippen molar-refractivity contribution in [2.24, 2.45) is 5.84 Å². The molecule has 94 valence electrons. The lowest BCUT2D eigenvalue weighted by atomic mass is 10.1. The summed E-state index contributed by atoms with van der Waals surface area (Å²) in [7, 11) is 0. The molecule has 2 aromatic rings. The Balaban J connectivity index is 2.43. The van der Waals surface area contributed by atoms with Crippen LogP contribution in [0.4, 0.5) is 4.39 Å². The molecule has 0 atom stereocenters. The number of carbonyl (C=O) groups is 1. The monoisotopic (exact) mass is 248 g/mol. The van der Waals surface area contributed by atoms with E-state index >= 15 is 0 Å². The first-order valence-corrected chi connectivity index (χ1v) is 5.50. The van der Waals surface area contributed by atoms with Crippen molar-refractivity contribution in [3.8, 4) is 11.3 Å². The predicted molar refractivity (Wildman–Crippen MR) is 64.9 cm³/mol. The lowest BCUT2D eigenvalue weighted by molar-refractivity contribution is 0.0943. The Morgan fingerprint density at radius 2 is 2.11 bits per heavy atom. The Hall–Kier alpha value is -2.21. The Bertz CT molecular complexity index is 562. The third-order valence-corrected chi connectivity index (χ3v) is 2.58. The van der Waals surface area contributed by atoms with Crippen LogP contribution in [0.25, 0.3) is 11.3 Å². The van der Waals surface area contributed by atoms with Crippen LogP contribution in [-0.4, -0.2) is 15.7 Å². The number of hydrogen-bond donors (Lipinski definition) is 2. The van der Waals surface area contributed by atoms with Crippen LogP contribution in [0.1, 0.15) is 17.4 Å². The molecule has 0 unspecified atom stereocenters. The van der Waals surface area contributed by atoms with Crippen molar-refractivity contribution in [1.82, 2.24) is 15.2 Å². The maximum atomic E-state index is 12.8. The molecule has 0 saturated heterocycles. The number of amides is 1. The predicted octanol–water partition coefficient (Wildman–Crippen LogP) is 1.31. The number of aromatic nitrogens is 2. The number of nitrogen functional groups attached to an aromatic ring is 1. The molecule has 0 aliphatic rings. The quantitative estimate of drug-likeness (QED) is 0.488. The van der Waals surface area contributed by atoms with Crippen LogP contribution in [0, 0.1) is 5.82 Å². The second-order valence-electron chi connectivity index (χ2n) is 3.71. The number of nitrogens with zero attached hydrogens (tertiary/aromatic N) is 2. The van der Waals surface area contributed by atoms with E-state index in [0.29, 0.717) is 17.9 Å². The van der Waals surface area contributed by atoms with Gasteiger partial charge in [0.25, 0.3) is 5.91 Å². The third kappa shape index (κ3) is 2.23. The number of carbonyl (C=O) groups excluding carboxylic acids is 1. The lowest BCUT2D eigenvalue weighted by Gasteiger charge is -2.01. The molecule has 0 radical (unpaired) electrons. The van der Waals surface area contributed by atoms with Gasteiger partial charge in [0.2, 0.25) is 0 Å². The van der Waals surface area contributed by atoms with Crippen LogP contribution in [0.3, 0.4) is 0 Å². The van der Waals surface area contributed by atoms with Gasteiger partial charge < -0.3 is 0 Å². The molecule has 1 aromatic carbocycles. The van der Waals surface area contributed by atoms with Gasteiger partial charge in [0.05, 0.1) is 5.69 Å². The molecule has 1 aromatic heterocycles. The fourth-order valence-electron chi connectivity index (χ4n) is 1.68. The number of aryl methyl sites for hydroxylation is 1. The van der Waals surface area contributed by atoms with Gasteiger partial charge in [-0.15, -0.1) is 0 Å². The average molecular weight is 248 g/mol. The molecule has 0 bridgehead atoms. The normalized spacial score (nSPS) is 10.4. The van der Waals surface area contributed by atoms with Crippen LogP contribution in [0.15, 0.2) is 30.3 Å². The van der Waals surface area contributed by atoms with E-state index in [1.165, 1.54) is 12.1 Å². The summed E-state index contributed by atoms with van der Waals surface area (Å²) in [4.78, 5) is 11.5. The molecule has 0 aliphatic carbocycles. The molecule has 18 heavy (non-hydrogen) atoms. The summed E-state index contributed by atoms with van der Waals surface area (Å²) in [6.45, 7) is 2.42. The number of nitrogens with one attached hydrogen (secondary N) is 1. The Morgan fingerprint density at radius 1 is 1.44 bits per heavy atom. The molecule has 3 N–H and O–H groups in total. The van der Waals surface area contributed by atoms with Gasteiger partial charge in [-0.05, 0) is 37.3 Å². The lowest BCUT2D eigenvalue weighted by Crippen LogP contribution is -2.31. The molecule has 1 heterocycles. The van der Waals surface area contributed by atoms with Gasteiger partial charge >= 0.3 is 0 Å². The van der Waals surface area contributed by atoms with E-state index in [-0.39, 0.29) is 5.82 Å². The van der Waals surface area contributed by atoms with Crippen molar-refractivity contribution >= 4 is 5.91 Å². The van der Waals surface area contributed by atoms with E-state index in [2.05, 4.69) is 10.5 Å². The van der Waals surface area contributed by atoms with Gasteiger partial charge in [-0.1, -0.05) is 0 Å². The molecule has 0 saturated carbocycles. The van der Waals surface area contributed by atoms with Crippen LogP contribution in [-0.2, 0) is 6.54 Å². The molecular weight excluding hydrogens is 235 g/mol. The minimum Gasteiger partial charge on any atom is -0.289 e. The van der Waals surface area contributed by atoms with Crippen LogP contribution in [0.5, 0.6) is 0 Å². The molecule has 1 amide bonds. The van der Waals surface area contributed by atoms with Crippen molar-refractivity contribution in [3.05, 3.63) is 41.8 Å². The minimum atomic E-state index is -0.405. The maximum absolute atomic E-state index is 12.8. The van der Waals surface area contributed by atoms with Gasteiger partial charge in [0.1, 0.15) is 11.5 Å². The largest absolute Gasteiger partial charge is 0.289 e. The number of hydrazine groups is 1. The van der Waals surface area contributed by atoms with Gasteiger partial charge in [-0.3, -0.25) is 14.9 Å². The number of benzene rings is 1. The van der Waals surface area contributed by atoms with Crippen molar-refractivity contribution in [3.63, 3.8) is 0 Å². The Kier molecular flexibility index (Phi) is 3.38. The van der Waals surface area contributed by atoms with E-state index in [9.17, 15) is 9.18 Å². The van der Waals surface area contributed by atoms with Crippen molar-refractivity contribution in [1.29, 1.82) is 0 Å². The fourth-order valence-corrected chi connectivity index (χ4v) is 1.68. The van der Waals surface area contributed by atoms with Crippen molar-refractivity contribution < 1.29 is 9.18 Å². The molecular formula is C12H13FN4O. The van der Waals surface area contributed by atoms with E-state index < -0.39 is 5.91 Å². The zero-order chi connectivity index (χ0) is 13.1. The summed E-state index contributed by atoms with van der Waals surface area (Å²) < 4.78 is 14.4. The Morgan fingerprint density at radius 3 is 2.67 bits per heavy atom. The highest BCUT2D eigenvalue weighted by Gasteiger charge is 2.14. The molecule has 2 rings (SSSR count).